The summed E-state index contributed by atoms with van der Waals surface area (Å²) in [6.07, 6.45) is 3.57. The van der Waals surface area contributed by atoms with Gasteiger partial charge in [-0.1, -0.05) is 17.8 Å². The summed E-state index contributed by atoms with van der Waals surface area (Å²) >= 11 is 1.42. The molecule has 0 spiro atoms. The van der Waals surface area contributed by atoms with Crippen LogP contribution >= 0.6 is 11.8 Å². The smallest absolute Gasteiger partial charge is 0.172 e. The van der Waals surface area contributed by atoms with Gasteiger partial charge in [-0.05, 0) is 19.1 Å². The lowest BCUT2D eigenvalue weighted by Crippen LogP contribution is -2.09. The molecule has 1 aromatic carbocycles. The van der Waals surface area contributed by atoms with E-state index < -0.39 is 0 Å². The van der Waals surface area contributed by atoms with Crippen LogP contribution in [0.2, 0.25) is 0 Å². The Morgan fingerprint density at radius 2 is 2.24 bits per heavy atom. The topological polar surface area (TPSA) is 43.8 Å². The largest absolute Gasteiger partial charge is 0.329 e. The predicted octanol–water partition coefficient (Wildman–Crippen LogP) is 2.73. The molecule has 0 fully saturated rings. The summed E-state index contributed by atoms with van der Waals surface area (Å²) in [6, 6.07) is 4.65. The quantitative estimate of drug-likeness (QED) is 0.912. The summed E-state index contributed by atoms with van der Waals surface area (Å²) in [7, 11) is 1.90. The van der Waals surface area contributed by atoms with Crippen molar-refractivity contribution in [3.63, 3.8) is 0 Å². The Hall–Kier alpha value is -1.33. The molecule has 0 aliphatic carbocycles. The monoisotopic (exact) mass is 251 g/mol. The molecule has 0 saturated heterocycles. The highest BCUT2D eigenvalue weighted by molar-refractivity contribution is 7.99. The minimum absolute atomic E-state index is 0.265. The van der Waals surface area contributed by atoms with Crippen LogP contribution in [0.25, 0.3) is 0 Å². The maximum absolute atomic E-state index is 13.7. The Morgan fingerprint density at radius 3 is 2.82 bits per heavy atom. The van der Waals surface area contributed by atoms with Crippen LogP contribution in [-0.4, -0.2) is 9.55 Å². The van der Waals surface area contributed by atoms with Gasteiger partial charge in [0.05, 0.1) is 0 Å². The molecule has 0 saturated carbocycles. The number of aryl methyl sites for hydroxylation is 1. The molecular weight excluding hydrogens is 237 g/mol. The Balaban J connectivity index is 2.39. The summed E-state index contributed by atoms with van der Waals surface area (Å²) in [4.78, 5) is 5.02. The molecule has 0 aliphatic rings. The minimum Gasteiger partial charge on any atom is -0.329 e. The van der Waals surface area contributed by atoms with Gasteiger partial charge in [0.1, 0.15) is 5.82 Å². The van der Waals surface area contributed by atoms with Crippen LogP contribution in [0.3, 0.4) is 0 Å². The van der Waals surface area contributed by atoms with Gasteiger partial charge in [0.25, 0.3) is 0 Å². The third-order valence-electron chi connectivity index (χ3n) is 2.45. The van der Waals surface area contributed by atoms with Gasteiger partial charge in [-0.3, -0.25) is 0 Å². The van der Waals surface area contributed by atoms with Crippen molar-refractivity contribution >= 4 is 11.8 Å². The van der Waals surface area contributed by atoms with Crippen molar-refractivity contribution in [2.24, 2.45) is 12.8 Å². The number of hydrogen-bond donors (Lipinski definition) is 1. The Kier molecular flexibility index (Phi) is 3.49. The van der Waals surface area contributed by atoms with Crippen LogP contribution in [0.1, 0.15) is 18.5 Å². The van der Waals surface area contributed by atoms with Crippen LogP contribution < -0.4 is 5.73 Å². The fraction of sp³-hybridized carbons (Fsp3) is 0.250. The SMILES string of the molecule is CC(N)c1c(F)cccc1Sc1nccn1C. The van der Waals surface area contributed by atoms with Crippen molar-refractivity contribution < 1.29 is 4.39 Å². The highest BCUT2D eigenvalue weighted by atomic mass is 32.2. The number of halogens is 1. The van der Waals surface area contributed by atoms with Crippen molar-refractivity contribution in [1.82, 2.24) is 9.55 Å². The van der Waals surface area contributed by atoms with E-state index in [0.717, 1.165) is 10.1 Å². The molecule has 0 radical (unpaired) electrons. The summed E-state index contributed by atoms with van der Waals surface area (Å²) in [5, 5.41) is 0.817. The molecule has 1 heterocycles. The van der Waals surface area contributed by atoms with Crippen molar-refractivity contribution in [3.8, 4) is 0 Å². The predicted molar refractivity (Wildman–Crippen MR) is 66.3 cm³/mol. The number of nitrogens with two attached hydrogens (primary N) is 1. The van der Waals surface area contributed by atoms with Crippen molar-refractivity contribution in [2.45, 2.75) is 23.0 Å². The fourth-order valence-corrected chi connectivity index (χ4v) is 2.65. The number of imidazole rings is 1. The number of rotatable bonds is 3. The first-order valence-corrected chi connectivity index (χ1v) is 6.10. The molecule has 1 atom stereocenters. The molecule has 2 N–H and O–H groups in total. The van der Waals surface area contributed by atoms with Gasteiger partial charge in [-0.25, -0.2) is 9.37 Å². The Morgan fingerprint density at radius 1 is 1.47 bits per heavy atom. The molecule has 0 bridgehead atoms. The summed E-state index contributed by atoms with van der Waals surface area (Å²) in [6.45, 7) is 1.78. The molecule has 0 aliphatic heterocycles. The van der Waals surface area contributed by atoms with Gasteiger partial charge in [0, 0.05) is 35.9 Å². The highest BCUT2D eigenvalue weighted by Gasteiger charge is 2.14. The average Bonchev–Trinajstić information content (AvgIpc) is 2.64. The van der Waals surface area contributed by atoms with Crippen molar-refractivity contribution in [1.29, 1.82) is 0 Å². The first-order chi connectivity index (χ1) is 8.09. The van der Waals surface area contributed by atoms with Crippen LogP contribution in [0.4, 0.5) is 4.39 Å². The molecule has 0 amide bonds. The molecule has 3 nitrogen and oxygen atoms in total. The van der Waals surface area contributed by atoms with Gasteiger partial charge in [0.15, 0.2) is 5.16 Å². The maximum atomic E-state index is 13.7. The lowest BCUT2D eigenvalue weighted by Gasteiger charge is -2.12. The van der Waals surface area contributed by atoms with Gasteiger partial charge < -0.3 is 10.3 Å². The Bertz CT molecular complexity index is 522. The number of nitrogens with zero attached hydrogens (tertiary/aromatic N) is 2. The van der Waals surface area contributed by atoms with Crippen LogP contribution in [0, 0.1) is 5.82 Å². The van der Waals surface area contributed by atoms with E-state index in [1.54, 1.807) is 19.2 Å². The van der Waals surface area contributed by atoms with Gasteiger partial charge >= 0.3 is 0 Å². The van der Waals surface area contributed by atoms with E-state index in [9.17, 15) is 4.39 Å². The van der Waals surface area contributed by atoms with Gasteiger partial charge in [0.2, 0.25) is 0 Å². The number of hydrogen-bond acceptors (Lipinski definition) is 3. The summed E-state index contributed by atoms with van der Waals surface area (Å²) < 4.78 is 15.6. The van der Waals surface area contributed by atoms with E-state index in [1.807, 2.05) is 23.9 Å². The van der Waals surface area contributed by atoms with Gasteiger partial charge in [-0.15, -0.1) is 0 Å². The fourth-order valence-electron chi connectivity index (χ4n) is 1.60. The minimum atomic E-state index is -0.334. The summed E-state index contributed by atoms with van der Waals surface area (Å²) in [5.74, 6) is -0.265. The zero-order valence-corrected chi connectivity index (χ0v) is 10.5. The molecule has 1 aromatic heterocycles. The Labute approximate surface area is 104 Å². The number of aromatic nitrogens is 2. The first kappa shape index (κ1) is 12.1. The van der Waals surface area contributed by atoms with E-state index >= 15 is 0 Å². The molecule has 2 rings (SSSR count). The lowest BCUT2D eigenvalue weighted by molar-refractivity contribution is 0.585. The first-order valence-electron chi connectivity index (χ1n) is 5.28. The lowest BCUT2D eigenvalue weighted by atomic mass is 10.1. The molecular formula is C12H14FN3S. The highest BCUT2D eigenvalue weighted by Crippen LogP contribution is 2.32. The molecule has 90 valence electrons. The molecule has 1 unspecified atom stereocenters. The zero-order valence-electron chi connectivity index (χ0n) is 9.72. The number of benzene rings is 1. The second-order valence-corrected chi connectivity index (χ2v) is 4.87. The molecule has 5 heteroatoms. The van der Waals surface area contributed by atoms with Crippen LogP contribution in [0.5, 0.6) is 0 Å². The second kappa shape index (κ2) is 4.89. The van der Waals surface area contributed by atoms with E-state index in [2.05, 4.69) is 4.98 Å². The van der Waals surface area contributed by atoms with E-state index in [4.69, 9.17) is 5.73 Å². The third-order valence-corrected chi connectivity index (χ3v) is 3.60. The van der Waals surface area contributed by atoms with Gasteiger partial charge in [-0.2, -0.15) is 0 Å². The van der Waals surface area contributed by atoms with Crippen molar-refractivity contribution in [3.05, 3.63) is 42.0 Å². The second-order valence-electron chi connectivity index (χ2n) is 3.86. The average molecular weight is 251 g/mol. The molecule has 2 aromatic rings. The zero-order chi connectivity index (χ0) is 12.4. The summed E-state index contributed by atoms with van der Waals surface area (Å²) in [5.41, 5.74) is 6.34. The van der Waals surface area contributed by atoms with Crippen LogP contribution in [-0.2, 0) is 7.05 Å². The van der Waals surface area contributed by atoms with E-state index in [1.165, 1.54) is 17.8 Å². The maximum Gasteiger partial charge on any atom is 0.172 e. The molecule has 17 heavy (non-hydrogen) atoms. The third kappa shape index (κ3) is 2.50. The standard InChI is InChI=1S/C12H14FN3S/c1-8(14)11-9(13)4-3-5-10(11)17-12-15-6-7-16(12)2/h3-8H,14H2,1-2H3. The van der Waals surface area contributed by atoms with E-state index in [0.29, 0.717) is 5.56 Å². The normalized spacial score (nSPS) is 12.7. The van der Waals surface area contributed by atoms with Crippen LogP contribution in [0.15, 0.2) is 40.6 Å². The van der Waals surface area contributed by atoms with E-state index in [-0.39, 0.29) is 11.9 Å². The van der Waals surface area contributed by atoms with Crippen molar-refractivity contribution in [2.75, 3.05) is 0 Å².